The van der Waals surface area contributed by atoms with Crippen molar-refractivity contribution < 1.29 is 0 Å². The van der Waals surface area contributed by atoms with Crippen LogP contribution in [0.25, 0.3) is 0 Å². The van der Waals surface area contributed by atoms with Gasteiger partial charge in [0.1, 0.15) is 0 Å². The summed E-state index contributed by atoms with van der Waals surface area (Å²) in [7, 11) is 2.00. The molecule has 1 aliphatic heterocycles. The highest BCUT2D eigenvalue weighted by Crippen LogP contribution is 2.83. The third-order valence-corrected chi connectivity index (χ3v) is 25.3. The van der Waals surface area contributed by atoms with E-state index in [9.17, 15) is 0 Å². The maximum atomic E-state index is 2.45. The van der Waals surface area contributed by atoms with E-state index < -0.39 is 13.5 Å². The van der Waals surface area contributed by atoms with E-state index >= 15 is 0 Å². The molecule has 0 amide bonds. The van der Waals surface area contributed by atoms with Crippen LogP contribution >= 0.6 is 21.1 Å². The number of hydrogen-bond donors (Lipinski definition) is 0. The van der Waals surface area contributed by atoms with E-state index in [-0.39, 0.29) is 0 Å². The van der Waals surface area contributed by atoms with Gasteiger partial charge in [0.2, 0.25) is 0 Å². The van der Waals surface area contributed by atoms with E-state index in [2.05, 4.69) is 27.7 Å². The average Bonchev–Trinajstić information content (AvgIpc) is 2.29. The van der Waals surface area contributed by atoms with Crippen molar-refractivity contribution in [2.24, 2.45) is 0 Å². The van der Waals surface area contributed by atoms with Crippen molar-refractivity contribution in [3.63, 3.8) is 0 Å². The Morgan fingerprint density at radius 2 is 1.64 bits per heavy atom. The highest BCUT2D eigenvalue weighted by atomic mass is 32.3. The lowest BCUT2D eigenvalue weighted by Gasteiger charge is -2.32. The topological polar surface area (TPSA) is 0 Å². The van der Waals surface area contributed by atoms with Crippen molar-refractivity contribution in [3.8, 4) is 0 Å². The Hall–Kier alpha value is 1.16. The molecule has 0 saturated heterocycles. The van der Waals surface area contributed by atoms with Crippen LogP contribution in [0.4, 0.5) is 0 Å². The van der Waals surface area contributed by atoms with Gasteiger partial charge in [-0.25, -0.2) is 0 Å². The van der Waals surface area contributed by atoms with E-state index in [1.807, 2.05) is 7.56 Å². The summed E-state index contributed by atoms with van der Waals surface area (Å²) in [6.45, 7) is 8.85. The van der Waals surface area contributed by atoms with E-state index in [1.54, 1.807) is 18.7 Å². The Balaban J connectivity index is 3.01. The molecule has 0 spiro atoms. The summed E-state index contributed by atoms with van der Waals surface area (Å²) in [6, 6.07) is 0. The van der Waals surface area contributed by atoms with E-state index in [0.717, 1.165) is 0 Å². The minimum Gasteiger partial charge on any atom is -0.0610 e. The molecule has 0 aromatic carbocycles. The molecule has 0 radical (unpaired) electrons. The predicted molar refractivity (Wildman–Crippen MR) is 77.3 cm³/mol. The molecule has 0 aliphatic carbocycles. The van der Waals surface area contributed by atoms with Gasteiger partial charge in [-0.3, -0.25) is 0 Å². The van der Waals surface area contributed by atoms with Crippen molar-refractivity contribution in [1.29, 1.82) is 0 Å². The zero-order valence-electron chi connectivity index (χ0n) is 10.3. The minimum atomic E-state index is -0.485. The zero-order valence-corrected chi connectivity index (χ0v) is 13.0. The molecule has 0 nitrogen and oxygen atoms in total. The molecule has 0 unspecified atom stereocenters. The minimum absolute atomic E-state index is 0.485. The second kappa shape index (κ2) is 5.48. The van der Waals surface area contributed by atoms with Gasteiger partial charge in [-0.05, 0) is 45.3 Å². The quantitative estimate of drug-likeness (QED) is 0.596. The van der Waals surface area contributed by atoms with Crippen molar-refractivity contribution in [1.82, 2.24) is 0 Å². The summed E-state index contributed by atoms with van der Waals surface area (Å²) in [5.74, 6) is 0. The Labute approximate surface area is 92.5 Å². The average molecular weight is 251 g/mol. The van der Waals surface area contributed by atoms with E-state index in [4.69, 9.17) is 0 Å². The SMILES string of the molecule is CCP1(CC)=P[P+](CC)(CC)CCC1. The Morgan fingerprint density at radius 1 is 1.07 bits per heavy atom. The fourth-order valence-electron chi connectivity index (χ4n) is 2.48. The number of rotatable bonds is 4. The Bertz CT molecular complexity index is 221. The molecule has 0 aromatic rings. The van der Waals surface area contributed by atoms with Gasteiger partial charge < -0.3 is 0 Å². The molecule has 0 bridgehead atoms. The van der Waals surface area contributed by atoms with Crippen LogP contribution in [-0.2, 0) is 0 Å². The lowest BCUT2D eigenvalue weighted by atomic mass is 10.6. The van der Waals surface area contributed by atoms with Gasteiger partial charge in [0.25, 0.3) is 0 Å². The van der Waals surface area contributed by atoms with Crippen molar-refractivity contribution in [3.05, 3.63) is 0 Å². The first-order valence-electron chi connectivity index (χ1n) is 6.13. The summed E-state index contributed by atoms with van der Waals surface area (Å²) < 4.78 is 0. The zero-order chi connectivity index (χ0) is 10.7. The van der Waals surface area contributed by atoms with Crippen LogP contribution in [0.5, 0.6) is 0 Å². The maximum Gasteiger partial charge on any atom is 0.0810 e. The van der Waals surface area contributed by atoms with E-state index in [0.29, 0.717) is 0 Å². The molecule has 1 rings (SSSR count). The van der Waals surface area contributed by atoms with Crippen LogP contribution in [0.15, 0.2) is 0 Å². The Kier molecular flexibility index (Phi) is 5.17. The molecule has 1 aliphatic rings. The predicted octanol–water partition coefficient (Wildman–Crippen LogP) is 5.28. The van der Waals surface area contributed by atoms with Gasteiger partial charge in [0.05, 0.1) is 33.0 Å². The van der Waals surface area contributed by atoms with Gasteiger partial charge in [-0.15, -0.1) is 0 Å². The molecule has 3 heteroatoms. The molecule has 0 saturated carbocycles. The third kappa shape index (κ3) is 2.64. The van der Waals surface area contributed by atoms with Gasteiger partial charge >= 0.3 is 0 Å². The highest BCUT2D eigenvalue weighted by molar-refractivity contribution is 8.45. The van der Waals surface area contributed by atoms with Crippen LogP contribution in [0.2, 0.25) is 0 Å². The molecule has 14 heavy (non-hydrogen) atoms. The number of hydrogen-bond acceptors (Lipinski definition) is 0. The third-order valence-electron chi connectivity index (χ3n) is 3.88. The van der Waals surface area contributed by atoms with Gasteiger partial charge in [-0.1, -0.05) is 13.8 Å². The maximum absolute atomic E-state index is 2.45. The monoisotopic (exact) mass is 251 g/mol. The summed E-state index contributed by atoms with van der Waals surface area (Å²) in [6.07, 6.45) is 10.9. The molecule has 0 fully saturated rings. The second-order valence-corrected chi connectivity index (χ2v) is 19.6. The first-order chi connectivity index (χ1) is 6.66. The highest BCUT2D eigenvalue weighted by Gasteiger charge is 2.38. The smallest absolute Gasteiger partial charge is 0.0610 e. The Morgan fingerprint density at radius 3 is 2.07 bits per heavy atom. The van der Waals surface area contributed by atoms with Crippen LogP contribution in [0, 0.1) is 0 Å². The summed E-state index contributed by atoms with van der Waals surface area (Å²) in [4.78, 5) is 0. The summed E-state index contributed by atoms with van der Waals surface area (Å²) in [5, 5.41) is 0. The lowest BCUT2D eigenvalue weighted by Crippen LogP contribution is -2.07. The fraction of sp³-hybridized carbons (Fsp3) is 1.00. The first-order valence-corrected chi connectivity index (χ1v) is 13.1. The fourth-order valence-corrected chi connectivity index (χ4v) is 26.6. The van der Waals surface area contributed by atoms with Gasteiger partial charge in [0, 0.05) is 0 Å². The molecular weight excluding hydrogens is 225 g/mol. The second-order valence-electron chi connectivity index (χ2n) is 4.35. The van der Waals surface area contributed by atoms with Crippen molar-refractivity contribution in [2.45, 2.75) is 34.1 Å². The molecule has 0 N–H and O–H groups in total. The van der Waals surface area contributed by atoms with Crippen molar-refractivity contribution >= 4 is 21.1 Å². The normalized spacial score (nSPS) is 25.4. The standard InChI is InChI=1S/C11H26P3/c1-5-13(6-2)10-9-11-14(7-3,8-4)12-13/h5-11H2,1-4H3/q+1. The van der Waals surface area contributed by atoms with Crippen LogP contribution in [-0.4, -0.2) is 37.0 Å². The molecular formula is C11H26P3+. The lowest BCUT2D eigenvalue weighted by molar-refractivity contribution is 1.07. The molecule has 1 heterocycles. The molecule has 0 atom stereocenters. The van der Waals surface area contributed by atoms with Crippen molar-refractivity contribution in [2.75, 3.05) is 37.0 Å². The van der Waals surface area contributed by atoms with Gasteiger partial charge in [0.15, 0.2) is 0 Å². The van der Waals surface area contributed by atoms with E-state index in [1.165, 1.54) is 24.6 Å². The first kappa shape index (κ1) is 13.2. The molecule has 84 valence electrons. The van der Waals surface area contributed by atoms with Crippen LogP contribution in [0.1, 0.15) is 34.1 Å². The summed E-state index contributed by atoms with van der Waals surface area (Å²) in [5.41, 5.74) is 0. The van der Waals surface area contributed by atoms with Crippen LogP contribution in [0.3, 0.4) is 0 Å². The summed E-state index contributed by atoms with van der Waals surface area (Å²) >= 11 is 0. The van der Waals surface area contributed by atoms with Crippen LogP contribution < -0.4 is 0 Å². The molecule has 0 aromatic heterocycles. The largest absolute Gasteiger partial charge is 0.0810 e. The van der Waals surface area contributed by atoms with Gasteiger partial charge in [-0.2, -0.15) is 0 Å².